The van der Waals surface area contributed by atoms with Crippen molar-refractivity contribution >= 4 is 98.2 Å². The summed E-state index contributed by atoms with van der Waals surface area (Å²) in [5.41, 5.74) is 6.53. The number of nitrogens with one attached hydrogen (secondary N) is 1. The van der Waals surface area contributed by atoms with Crippen LogP contribution in [0.1, 0.15) is 43.7 Å². The zero-order valence-corrected chi connectivity index (χ0v) is 40.3. The second-order valence-corrected chi connectivity index (χ2v) is 20.2. The van der Waals surface area contributed by atoms with Crippen LogP contribution >= 0.6 is 0 Å². The molecule has 5 N–H and O–H groups in total. The second kappa shape index (κ2) is 19.7. The lowest BCUT2D eigenvalue weighted by atomic mass is 10.1. The van der Waals surface area contributed by atoms with Gasteiger partial charge < -0.3 is 10.4 Å². The van der Waals surface area contributed by atoms with E-state index in [0.717, 1.165) is 29.3 Å². The van der Waals surface area contributed by atoms with E-state index in [9.17, 15) is 48.8 Å². The summed E-state index contributed by atoms with van der Waals surface area (Å²) in [5.74, 6) is -0.953. The summed E-state index contributed by atoms with van der Waals surface area (Å²) in [7, 11) is -14.6. The fraction of sp³-hybridized carbons (Fsp3) is 0.128. The van der Waals surface area contributed by atoms with Crippen molar-refractivity contribution in [3.63, 3.8) is 0 Å². The third-order valence-corrected chi connectivity index (χ3v) is 13.3. The van der Waals surface area contributed by atoms with Gasteiger partial charge in [-0.2, -0.15) is 55.9 Å². The molecule has 0 radical (unpaired) electrons. The van der Waals surface area contributed by atoms with Crippen molar-refractivity contribution in [2.75, 3.05) is 5.32 Å². The molecule has 0 heterocycles. The predicted octanol–water partition coefficient (Wildman–Crippen LogP) is 13.0. The summed E-state index contributed by atoms with van der Waals surface area (Å²) >= 11 is 0. The van der Waals surface area contributed by atoms with E-state index in [2.05, 4.69) is 46.2 Å². The van der Waals surface area contributed by atoms with E-state index in [-0.39, 0.29) is 16.5 Å². The maximum absolute atomic E-state index is 12.7. The lowest BCUT2D eigenvalue weighted by Gasteiger charge is -2.11. The number of carbonyl (C=O) groups is 1. The quantitative estimate of drug-likeness (QED) is 0.0534. The first-order valence-corrected chi connectivity index (χ1v) is 24.9. The molecule has 0 bridgehead atoms. The van der Waals surface area contributed by atoms with Crippen molar-refractivity contribution in [1.29, 1.82) is 0 Å². The van der Waals surface area contributed by atoms with E-state index in [1.54, 1.807) is 94.4 Å². The van der Waals surface area contributed by atoms with Gasteiger partial charge in [0, 0.05) is 16.6 Å². The Kier molecular flexibility index (Phi) is 14.1. The van der Waals surface area contributed by atoms with E-state index < -0.39 is 62.4 Å². The number of benzene rings is 7. The van der Waals surface area contributed by atoms with E-state index in [0.29, 0.717) is 73.7 Å². The van der Waals surface area contributed by atoms with E-state index in [1.165, 1.54) is 18.2 Å². The number of phenolic OH excluding ortho intramolecular Hbond substituents is 1. The van der Waals surface area contributed by atoms with Crippen LogP contribution in [0.3, 0.4) is 0 Å². The molecule has 0 spiro atoms. The number of amides is 1. The maximum Gasteiger partial charge on any atom is 0.296 e. The van der Waals surface area contributed by atoms with Gasteiger partial charge >= 0.3 is 0 Å². The molecule has 23 heteroatoms. The van der Waals surface area contributed by atoms with Gasteiger partial charge in [0.15, 0.2) is 5.75 Å². The van der Waals surface area contributed by atoms with Crippen LogP contribution in [0.25, 0.3) is 10.8 Å². The highest BCUT2D eigenvalue weighted by molar-refractivity contribution is 7.87. The molecule has 7 rings (SSSR count). The number of fused-ring (bicyclic) bond motifs is 1. The molecule has 7 aromatic rings. The molecule has 358 valence electrons. The molecule has 1 amide bonds. The number of anilines is 1. The standard InChI is InChI=1S/C47H41N9O11S3/c1-25-17-38(26(2)16-37(25)50-49-36-15-13-34(68(59,60)61)24-43(36)69(62,63)64)51-52-39-18-28(4)40(19-27(39)3)53-54-41-20-30(6)42(21-29(41)5)55-56-45-44(70(65,66)67)23-32-22-33(12-14-35(32)46(45)57)48-47(58)31-10-8-7-9-11-31/h7-24,57H,1-6H3,(H,48,58)(H,59,60,61)(H,62,63,64)(H,65,66,67). The minimum Gasteiger partial charge on any atom is -0.505 e. The van der Waals surface area contributed by atoms with E-state index in [1.807, 2.05) is 13.8 Å². The summed E-state index contributed by atoms with van der Waals surface area (Å²) in [6.07, 6.45) is 0. The molecular weight excluding hydrogens is 963 g/mol. The van der Waals surface area contributed by atoms with Crippen molar-refractivity contribution < 1.29 is 48.8 Å². The third-order valence-electron chi connectivity index (χ3n) is 10.7. The monoisotopic (exact) mass is 1000 g/mol. The Morgan fingerprint density at radius 1 is 0.443 bits per heavy atom. The summed E-state index contributed by atoms with van der Waals surface area (Å²) in [4.78, 5) is 10.4. The van der Waals surface area contributed by atoms with Crippen molar-refractivity contribution in [3.05, 3.63) is 148 Å². The van der Waals surface area contributed by atoms with Crippen LogP contribution in [0.5, 0.6) is 5.75 Å². The highest BCUT2D eigenvalue weighted by Crippen LogP contribution is 2.43. The smallest absolute Gasteiger partial charge is 0.296 e. The van der Waals surface area contributed by atoms with Gasteiger partial charge in [-0.3, -0.25) is 18.5 Å². The number of carbonyl (C=O) groups excluding carboxylic acids is 1. The molecule has 0 unspecified atom stereocenters. The summed E-state index contributed by atoms with van der Waals surface area (Å²) < 4.78 is 101. The molecular formula is C47H41N9O11S3. The molecule has 7 aromatic carbocycles. The molecule has 0 fully saturated rings. The van der Waals surface area contributed by atoms with Crippen LogP contribution in [0.15, 0.2) is 165 Å². The Labute approximate surface area is 401 Å². The van der Waals surface area contributed by atoms with Crippen LogP contribution in [0, 0.1) is 41.5 Å². The Balaban J connectivity index is 1.08. The zero-order valence-electron chi connectivity index (χ0n) is 37.8. The van der Waals surface area contributed by atoms with Gasteiger partial charge in [-0.25, -0.2) is 0 Å². The number of aryl methyl sites for hydroxylation is 6. The van der Waals surface area contributed by atoms with Crippen molar-refractivity contribution in [1.82, 2.24) is 0 Å². The van der Waals surface area contributed by atoms with Crippen LogP contribution < -0.4 is 5.32 Å². The summed E-state index contributed by atoms with van der Waals surface area (Å²) in [6.45, 7) is 10.6. The number of phenols is 1. The molecule has 0 aliphatic rings. The second-order valence-electron chi connectivity index (χ2n) is 16.0. The molecule has 0 aliphatic carbocycles. The normalized spacial score (nSPS) is 12.6. The molecule has 0 saturated carbocycles. The van der Waals surface area contributed by atoms with Gasteiger partial charge in [0.1, 0.15) is 21.2 Å². The van der Waals surface area contributed by atoms with Crippen molar-refractivity contribution in [2.45, 2.75) is 56.2 Å². The molecule has 0 aromatic heterocycles. The summed E-state index contributed by atoms with van der Waals surface area (Å²) in [5, 5.41) is 48.6. The van der Waals surface area contributed by atoms with E-state index >= 15 is 0 Å². The van der Waals surface area contributed by atoms with Gasteiger partial charge in [0.05, 0.1) is 39.0 Å². The minimum atomic E-state index is -4.94. The van der Waals surface area contributed by atoms with Gasteiger partial charge in [-0.05, 0) is 171 Å². The van der Waals surface area contributed by atoms with Crippen LogP contribution in [0.4, 0.5) is 51.2 Å². The van der Waals surface area contributed by atoms with Gasteiger partial charge in [-0.15, -0.1) is 10.2 Å². The Morgan fingerprint density at radius 2 is 0.857 bits per heavy atom. The largest absolute Gasteiger partial charge is 0.505 e. The number of hydrogen-bond donors (Lipinski definition) is 5. The average molecular weight is 1000 g/mol. The average Bonchev–Trinajstić information content (AvgIpc) is 3.29. The van der Waals surface area contributed by atoms with Crippen LogP contribution in [0.2, 0.25) is 0 Å². The van der Waals surface area contributed by atoms with Crippen molar-refractivity contribution in [3.8, 4) is 5.75 Å². The maximum atomic E-state index is 12.7. The molecule has 0 atom stereocenters. The molecule has 20 nitrogen and oxygen atoms in total. The van der Waals surface area contributed by atoms with E-state index in [4.69, 9.17) is 0 Å². The summed E-state index contributed by atoms with van der Waals surface area (Å²) in [6, 6.07) is 26.8. The Morgan fingerprint density at radius 3 is 1.27 bits per heavy atom. The van der Waals surface area contributed by atoms with Gasteiger partial charge in [0.25, 0.3) is 36.3 Å². The van der Waals surface area contributed by atoms with Gasteiger partial charge in [-0.1, -0.05) is 18.2 Å². The number of aromatic hydroxyl groups is 1. The fourth-order valence-electron chi connectivity index (χ4n) is 6.89. The lowest BCUT2D eigenvalue weighted by molar-refractivity contribution is 0.102. The highest BCUT2D eigenvalue weighted by atomic mass is 32.2. The Hall–Kier alpha value is -7.80. The first-order valence-electron chi connectivity index (χ1n) is 20.6. The molecule has 0 aliphatic heterocycles. The van der Waals surface area contributed by atoms with Crippen LogP contribution in [-0.4, -0.2) is 49.9 Å². The lowest BCUT2D eigenvalue weighted by Crippen LogP contribution is -2.11. The SMILES string of the molecule is Cc1cc(N=Nc2cc(C)c(N=Nc3c(S(=O)(=O)O)cc4cc(NC(=O)c5ccccc5)ccc4c3O)cc2C)c(C)cc1N=Nc1cc(C)c(N=Nc2ccc(S(=O)(=O)O)cc2S(=O)(=O)O)cc1C. The zero-order chi connectivity index (χ0) is 50.9. The number of rotatable bonds is 13. The molecule has 0 saturated heterocycles. The predicted molar refractivity (Wildman–Crippen MR) is 260 cm³/mol. The number of nitrogens with zero attached hydrogens (tertiary/aromatic N) is 8. The fourth-order valence-corrected chi connectivity index (χ4v) is 8.78. The van der Waals surface area contributed by atoms with Gasteiger partial charge in [0.2, 0.25) is 0 Å². The highest BCUT2D eigenvalue weighted by Gasteiger charge is 2.24. The minimum absolute atomic E-state index is 0.194. The molecule has 70 heavy (non-hydrogen) atoms. The Bertz CT molecular complexity index is 3770. The number of azo groups is 4. The third kappa shape index (κ3) is 11.4. The first-order chi connectivity index (χ1) is 32.9. The van der Waals surface area contributed by atoms with Crippen molar-refractivity contribution in [2.24, 2.45) is 40.9 Å². The number of hydrogen-bond acceptors (Lipinski definition) is 16. The van der Waals surface area contributed by atoms with Crippen LogP contribution in [-0.2, 0) is 30.4 Å². The first kappa shape index (κ1) is 50.1. The topological polar surface area (TPSA) is 311 Å².